The minimum atomic E-state index is -3.62. The lowest BCUT2D eigenvalue weighted by atomic mass is 10.0. The number of carboxylic acids is 1. The summed E-state index contributed by atoms with van der Waals surface area (Å²) in [4.78, 5) is 22.2. The summed E-state index contributed by atoms with van der Waals surface area (Å²) in [5.41, 5.74) is -2.13. The summed E-state index contributed by atoms with van der Waals surface area (Å²) in [6.07, 6.45) is -1.20. The van der Waals surface area contributed by atoms with Crippen molar-refractivity contribution in [2.75, 3.05) is 32.6 Å². The molecule has 1 amide bonds. The third-order valence-electron chi connectivity index (χ3n) is 2.81. The van der Waals surface area contributed by atoms with Crippen LogP contribution in [0.2, 0.25) is 0 Å². The van der Waals surface area contributed by atoms with Crippen molar-refractivity contribution in [3.63, 3.8) is 0 Å². The van der Waals surface area contributed by atoms with Crippen LogP contribution in [-0.4, -0.2) is 79.9 Å². The molecule has 1 aliphatic heterocycles. The van der Waals surface area contributed by atoms with E-state index in [0.717, 1.165) is 6.26 Å². The zero-order valence-corrected chi connectivity index (χ0v) is 12.0. The van der Waals surface area contributed by atoms with Crippen LogP contribution in [0.4, 0.5) is 9.18 Å². The maximum absolute atomic E-state index is 14.3. The van der Waals surface area contributed by atoms with Crippen molar-refractivity contribution in [1.82, 2.24) is 4.90 Å². The van der Waals surface area contributed by atoms with Gasteiger partial charge in [0.15, 0.2) is 5.67 Å². The number of aliphatic carboxylic acids is 1. The molecule has 0 spiro atoms. The van der Waals surface area contributed by atoms with E-state index in [1.165, 1.54) is 0 Å². The molecule has 0 saturated carbocycles. The van der Waals surface area contributed by atoms with Gasteiger partial charge in [-0.2, -0.15) is 8.42 Å². The van der Waals surface area contributed by atoms with E-state index in [4.69, 9.17) is 14.9 Å². The average molecular weight is 329 g/mol. The highest BCUT2D eigenvalue weighted by atomic mass is 32.2. The lowest BCUT2D eigenvalue weighted by Gasteiger charge is -2.19. The van der Waals surface area contributed by atoms with Gasteiger partial charge < -0.3 is 14.9 Å². The number of ether oxygens (including phenoxy) is 1. The fraction of sp³-hybridized carbons (Fsp3) is 0.800. The molecule has 1 heterocycles. The Bertz CT molecular complexity index is 485. The van der Waals surface area contributed by atoms with E-state index >= 15 is 0 Å². The highest BCUT2D eigenvalue weighted by molar-refractivity contribution is 7.85. The summed E-state index contributed by atoms with van der Waals surface area (Å²) in [7, 11) is -3.62. The number of hydrogen-bond acceptors (Lipinski definition) is 6. The van der Waals surface area contributed by atoms with Gasteiger partial charge in [0.2, 0.25) is 0 Å². The molecule has 2 atom stereocenters. The van der Waals surface area contributed by atoms with Gasteiger partial charge in [-0.3, -0.25) is 9.08 Å². The van der Waals surface area contributed by atoms with Crippen LogP contribution in [0.5, 0.6) is 0 Å². The summed E-state index contributed by atoms with van der Waals surface area (Å²) in [6.45, 7) is -1.69. The van der Waals surface area contributed by atoms with Crippen molar-refractivity contribution >= 4 is 22.2 Å². The van der Waals surface area contributed by atoms with Crippen LogP contribution in [0.15, 0.2) is 0 Å². The molecule has 0 bridgehead atoms. The molecule has 122 valence electrons. The Hall–Kier alpha value is -1.46. The van der Waals surface area contributed by atoms with E-state index in [-0.39, 0.29) is 13.2 Å². The van der Waals surface area contributed by atoms with Gasteiger partial charge in [0.1, 0.15) is 6.04 Å². The molecule has 9 nitrogen and oxygen atoms in total. The number of halogens is 1. The summed E-state index contributed by atoms with van der Waals surface area (Å²) in [5, 5.41) is 17.7. The summed E-state index contributed by atoms with van der Waals surface area (Å²) >= 11 is 0. The molecule has 1 saturated heterocycles. The van der Waals surface area contributed by atoms with Crippen molar-refractivity contribution in [1.29, 1.82) is 0 Å². The zero-order valence-electron chi connectivity index (χ0n) is 11.2. The standard InChI is InChI=1S/C10H16FNO8S/c1-21(17,18)20-3-2-19-6-10(11)4-7(8(13)14)12(5-10)9(15)16/h7H,2-6H2,1H3,(H,13,14)(H,15,16)/t7-,10+/m0/s1. The van der Waals surface area contributed by atoms with Gasteiger partial charge in [-0.15, -0.1) is 0 Å². The Morgan fingerprint density at radius 3 is 2.43 bits per heavy atom. The third-order valence-corrected chi connectivity index (χ3v) is 3.40. The number of carboxylic acid groups (broad SMARTS) is 2. The monoisotopic (exact) mass is 329 g/mol. The number of likely N-dealkylation sites (tertiary alicyclic amines) is 1. The Balaban J connectivity index is 2.48. The third kappa shape index (κ3) is 5.44. The zero-order chi connectivity index (χ0) is 16.3. The van der Waals surface area contributed by atoms with E-state index in [9.17, 15) is 22.4 Å². The number of alkyl halides is 1. The van der Waals surface area contributed by atoms with Gasteiger partial charge >= 0.3 is 12.1 Å². The average Bonchev–Trinajstić information content (AvgIpc) is 2.66. The van der Waals surface area contributed by atoms with Crippen LogP contribution in [0.1, 0.15) is 6.42 Å². The molecule has 21 heavy (non-hydrogen) atoms. The lowest BCUT2D eigenvalue weighted by Crippen LogP contribution is -2.40. The highest BCUT2D eigenvalue weighted by Gasteiger charge is 2.50. The normalized spacial score (nSPS) is 26.0. The smallest absolute Gasteiger partial charge is 0.408 e. The molecule has 0 aromatic carbocycles. The first-order valence-corrected chi connectivity index (χ1v) is 7.69. The molecule has 0 unspecified atom stereocenters. The predicted octanol–water partition coefficient (Wildman–Crippen LogP) is -0.476. The first-order chi connectivity index (χ1) is 9.54. The van der Waals surface area contributed by atoms with Crippen LogP contribution in [0.3, 0.4) is 0 Å². The lowest BCUT2D eigenvalue weighted by molar-refractivity contribution is -0.141. The molecule has 11 heteroatoms. The predicted molar refractivity (Wildman–Crippen MR) is 66.2 cm³/mol. The number of rotatable bonds is 7. The molecular formula is C10H16FNO8S. The quantitative estimate of drug-likeness (QED) is 0.473. The van der Waals surface area contributed by atoms with Gasteiger partial charge in [0, 0.05) is 6.42 Å². The fourth-order valence-corrected chi connectivity index (χ4v) is 2.33. The van der Waals surface area contributed by atoms with Crippen LogP contribution >= 0.6 is 0 Å². The summed E-state index contributed by atoms with van der Waals surface area (Å²) < 4.78 is 44.9. The second-order valence-corrected chi connectivity index (χ2v) is 6.34. The van der Waals surface area contributed by atoms with Crippen LogP contribution in [0, 0.1) is 0 Å². The Kier molecular flexibility index (Phi) is 5.48. The van der Waals surface area contributed by atoms with Crippen molar-refractivity contribution in [3.05, 3.63) is 0 Å². The number of nitrogens with zero attached hydrogens (tertiary/aromatic N) is 1. The number of amides is 1. The van der Waals surface area contributed by atoms with Crippen molar-refractivity contribution in [3.8, 4) is 0 Å². The molecule has 1 aliphatic rings. The van der Waals surface area contributed by atoms with Gasteiger partial charge in [0.05, 0.1) is 32.6 Å². The topological polar surface area (TPSA) is 130 Å². The SMILES string of the molecule is CS(=O)(=O)OCCOC[C@@]1(F)C[C@@H](C(=O)O)N(C(=O)O)C1. The molecule has 0 aromatic rings. The molecule has 2 N–H and O–H groups in total. The maximum Gasteiger partial charge on any atom is 0.408 e. The molecule has 0 radical (unpaired) electrons. The Morgan fingerprint density at radius 1 is 1.38 bits per heavy atom. The highest BCUT2D eigenvalue weighted by Crippen LogP contribution is 2.31. The minimum absolute atomic E-state index is 0.219. The molecule has 0 aromatic heterocycles. The second kappa shape index (κ2) is 6.54. The molecule has 1 fully saturated rings. The van der Waals surface area contributed by atoms with Gasteiger partial charge in [-0.05, 0) is 0 Å². The van der Waals surface area contributed by atoms with Crippen molar-refractivity contribution in [2.24, 2.45) is 0 Å². The van der Waals surface area contributed by atoms with Crippen LogP contribution in [0.25, 0.3) is 0 Å². The first kappa shape index (κ1) is 17.6. The van der Waals surface area contributed by atoms with E-state index in [2.05, 4.69) is 4.18 Å². The minimum Gasteiger partial charge on any atom is -0.480 e. The number of hydrogen-bond donors (Lipinski definition) is 2. The van der Waals surface area contributed by atoms with E-state index < -0.39 is 53.5 Å². The van der Waals surface area contributed by atoms with Crippen molar-refractivity contribution in [2.45, 2.75) is 18.1 Å². The molecule has 1 rings (SSSR count). The maximum atomic E-state index is 14.3. The van der Waals surface area contributed by atoms with Crippen LogP contribution in [-0.2, 0) is 23.8 Å². The second-order valence-electron chi connectivity index (χ2n) is 4.70. The van der Waals surface area contributed by atoms with Gasteiger partial charge in [0.25, 0.3) is 10.1 Å². The molecule has 0 aliphatic carbocycles. The largest absolute Gasteiger partial charge is 0.480 e. The Labute approximate surface area is 120 Å². The fourth-order valence-electron chi connectivity index (χ4n) is 1.96. The van der Waals surface area contributed by atoms with E-state index in [1.54, 1.807) is 0 Å². The van der Waals surface area contributed by atoms with E-state index in [0.29, 0.717) is 4.90 Å². The van der Waals surface area contributed by atoms with Gasteiger partial charge in [-0.25, -0.2) is 14.0 Å². The summed E-state index contributed by atoms with van der Waals surface area (Å²) in [5.74, 6) is -1.43. The molecular weight excluding hydrogens is 313 g/mol. The van der Waals surface area contributed by atoms with Gasteiger partial charge in [-0.1, -0.05) is 0 Å². The Morgan fingerprint density at radius 2 is 2.00 bits per heavy atom. The van der Waals surface area contributed by atoms with Crippen LogP contribution < -0.4 is 0 Å². The number of carbonyl (C=O) groups is 2. The summed E-state index contributed by atoms with van der Waals surface area (Å²) in [6, 6.07) is -1.47. The van der Waals surface area contributed by atoms with E-state index in [1.807, 2.05) is 0 Å². The first-order valence-electron chi connectivity index (χ1n) is 5.87. The van der Waals surface area contributed by atoms with Crippen molar-refractivity contribution < 1.29 is 41.5 Å².